The number of ether oxygens (including phenoxy) is 4. The fourth-order valence-electron chi connectivity index (χ4n) is 2.84. The molecular weight excluding hydrogens is 416 g/mol. The summed E-state index contributed by atoms with van der Waals surface area (Å²) in [5.41, 5.74) is -2.38. The van der Waals surface area contributed by atoms with Gasteiger partial charge >= 0.3 is 23.9 Å². The molecule has 8 nitrogen and oxygen atoms in total. The minimum atomic E-state index is -0.696. The van der Waals surface area contributed by atoms with Crippen molar-refractivity contribution >= 4 is 23.9 Å². The molecule has 2 atom stereocenters. The largest absolute Gasteiger partial charge is 0.465 e. The highest BCUT2D eigenvalue weighted by molar-refractivity contribution is 5.78. The van der Waals surface area contributed by atoms with Gasteiger partial charge in [0.1, 0.15) is 11.2 Å². The first-order valence-corrected chi connectivity index (χ1v) is 11.4. The van der Waals surface area contributed by atoms with Crippen molar-refractivity contribution < 1.29 is 38.1 Å². The van der Waals surface area contributed by atoms with E-state index in [9.17, 15) is 19.2 Å². The van der Waals surface area contributed by atoms with Gasteiger partial charge in [0, 0.05) is 12.8 Å². The molecule has 0 N–H and O–H groups in total. The van der Waals surface area contributed by atoms with Gasteiger partial charge in [0.15, 0.2) is 0 Å². The Morgan fingerprint density at radius 2 is 1.09 bits per heavy atom. The Balaban J connectivity index is 0.000000320. The zero-order chi connectivity index (χ0) is 24.8. The lowest BCUT2D eigenvalue weighted by Gasteiger charge is -2.35. The molecule has 0 spiro atoms. The van der Waals surface area contributed by atoms with Gasteiger partial charge in [0.25, 0.3) is 0 Å². The quantitative estimate of drug-likeness (QED) is 0.434. The normalized spacial score (nSPS) is 26.1. The van der Waals surface area contributed by atoms with Crippen LogP contribution in [0.5, 0.6) is 0 Å². The summed E-state index contributed by atoms with van der Waals surface area (Å²) in [5.74, 6) is -1.08. The van der Waals surface area contributed by atoms with Crippen LogP contribution in [-0.4, -0.2) is 48.3 Å². The lowest BCUT2D eigenvalue weighted by atomic mass is 9.89. The molecule has 0 saturated carbocycles. The van der Waals surface area contributed by atoms with Gasteiger partial charge in [-0.25, -0.2) is 0 Å². The van der Waals surface area contributed by atoms with E-state index in [-0.39, 0.29) is 36.7 Å². The predicted octanol–water partition coefficient (Wildman–Crippen LogP) is 4.12. The number of hydrogen-bond donors (Lipinski definition) is 0. The van der Waals surface area contributed by atoms with Crippen LogP contribution in [0.3, 0.4) is 0 Å². The van der Waals surface area contributed by atoms with Crippen molar-refractivity contribution in [3.63, 3.8) is 0 Å². The Kier molecular flexibility index (Phi) is 9.30. The summed E-state index contributed by atoms with van der Waals surface area (Å²) in [5, 5.41) is 0. The minimum Gasteiger partial charge on any atom is -0.465 e. The van der Waals surface area contributed by atoms with E-state index >= 15 is 0 Å². The second kappa shape index (κ2) is 10.7. The van der Waals surface area contributed by atoms with Crippen LogP contribution in [-0.2, 0) is 38.1 Å². The summed E-state index contributed by atoms with van der Waals surface area (Å²) in [6.07, 6.45) is 2.88. The van der Waals surface area contributed by atoms with Crippen LogP contribution in [0.1, 0.15) is 93.9 Å². The Hall–Kier alpha value is -2.12. The van der Waals surface area contributed by atoms with Crippen LogP contribution in [0.15, 0.2) is 0 Å². The first-order valence-electron chi connectivity index (χ1n) is 11.4. The third kappa shape index (κ3) is 8.10. The van der Waals surface area contributed by atoms with Crippen molar-refractivity contribution in [3.05, 3.63) is 0 Å². The van der Waals surface area contributed by atoms with Gasteiger partial charge in [0.2, 0.25) is 0 Å². The smallest absolute Gasteiger partial charge is 0.312 e. The highest BCUT2D eigenvalue weighted by atomic mass is 16.6. The van der Waals surface area contributed by atoms with Crippen LogP contribution >= 0.6 is 0 Å². The summed E-state index contributed by atoms with van der Waals surface area (Å²) in [4.78, 5) is 46.1. The summed E-state index contributed by atoms with van der Waals surface area (Å²) < 4.78 is 20.6. The molecule has 0 amide bonds. The Bertz CT molecular complexity index is 651. The van der Waals surface area contributed by atoms with E-state index in [0.717, 1.165) is 0 Å². The highest BCUT2D eigenvalue weighted by Gasteiger charge is 2.40. The van der Waals surface area contributed by atoms with E-state index < -0.39 is 22.0 Å². The third-order valence-corrected chi connectivity index (χ3v) is 6.38. The zero-order valence-corrected chi connectivity index (χ0v) is 20.9. The van der Waals surface area contributed by atoms with Crippen LogP contribution < -0.4 is 0 Å². The zero-order valence-electron chi connectivity index (χ0n) is 20.9. The van der Waals surface area contributed by atoms with Gasteiger partial charge in [0.05, 0.1) is 36.9 Å². The SMILES string of the molecule is CCC(C)(C)C(=O)OC1(C)CCOC(=O)C1.CCC(C)(C)C(=O)OC1(C)CCOC(=O)C1. The maximum atomic E-state index is 11.9. The lowest BCUT2D eigenvalue weighted by molar-refractivity contribution is -0.184. The van der Waals surface area contributed by atoms with Crippen molar-refractivity contribution in [2.24, 2.45) is 10.8 Å². The first-order chi connectivity index (χ1) is 14.6. The van der Waals surface area contributed by atoms with Crippen molar-refractivity contribution in [2.75, 3.05) is 13.2 Å². The molecule has 0 aromatic rings. The molecular formula is C24H40O8. The Morgan fingerprint density at radius 1 is 0.781 bits per heavy atom. The average Bonchev–Trinajstić information content (AvgIpc) is 2.67. The van der Waals surface area contributed by atoms with Crippen molar-refractivity contribution in [1.82, 2.24) is 0 Å². The van der Waals surface area contributed by atoms with Gasteiger partial charge in [-0.1, -0.05) is 13.8 Å². The van der Waals surface area contributed by atoms with Crippen molar-refractivity contribution in [1.29, 1.82) is 0 Å². The van der Waals surface area contributed by atoms with Gasteiger partial charge in [-0.15, -0.1) is 0 Å². The number of rotatable bonds is 6. The summed E-state index contributed by atoms with van der Waals surface area (Å²) in [6.45, 7) is 15.5. The molecule has 2 aliphatic heterocycles. The molecule has 0 radical (unpaired) electrons. The van der Waals surface area contributed by atoms with E-state index in [1.165, 1.54) is 0 Å². The van der Waals surface area contributed by atoms with Crippen LogP contribution in [0.2, 0.25) is 0 Å². The molecule has 0 aromatic carbocycles. The van der Waals surface area contributed by atoms with Gasteiger partial charge in [-0.2, -0.15) is 0 Å². The highest BCUT2D eigenvalue weighted by Crippen LogP contribution is 2.31. The molecule has 0 aliphatic carbocycles. The number of esters is 4. The van der Waals surface area contributed by atoms with Crippen LogP contribution in [0.25, 0.3) is 0 Å². The Morgan fingerprint density at radius 3 is 1.34 bits per heavy atom. The van der Waals surface area contributed by atoms with E-state index in [2.05, 4.69) is 0 Å². The molecule has 184 valence electrons. The fourth-order valence-corrected chi connectivity index (χ4v) is 2.84. The molecule has 8 heteroatoms. The maximum absolute atomic E-state index is 11.9. The van der Waals surface area contributed by atoms with E-state index in [1.807, 2.05) is 41.5 Å². The van der Waals surface area contributed by atoms with Crippen LogP contribution in [0.4, 0.5) is 0 Å². The van der Waals surface area contributed by atoms with Gasteiger partial charge in [-0.3, -0.25) is 19.2 Å². The van der Waals surface area contributed by atoms with Crippen molar-refractivity contribution in [3.8, 4) is 0 Å². The number of cyclic esters (lactones) is 2. The second-order valence-corrected chi connectivity index (χ2v) is 10.4. The summed E-state index contributed by atoms with van der Waals surface area (Å²) >= 11 is 0. The first kappa shape index (κ1) is 27.9. The standard InChI is InChI=1S/2C12H20O4/c2*1-5-11(2,3)10(14)16-12(4)6-7-15-9(13)8-12/h2*5-8H2,1-4H3. The Labute approximate surface area is 191 Å². The molecule has 2 unspecified atom stereocenters. The number of hydrogen-bond acceptors (Lipinski definition) is 8. The summed E-state index contributed by atoms with van der Waals surface area (Å²) in [7, 11) is 0. The second-order valence-electron chi connectivity index (χ2n) is 10.4. The molecule has 2 rings (SSSR count). The van der Waals surface area contributed by atoms with Crippen molar-refractivity contribution in [2.45, 2.75) is 105 Å². The molecule has 2 heterocycles. The fraction of sp³-hybridized carbons (Fsp3) is 0.833. The third-order valence-electron chi connectivity index (χ3n) is 6.38. The molecule has 2 fully saturated rings. The monoisotopic (exact) mass is 456 g/mol. The molecule has 2 saturated heterocycles. The van der Waals surface area contributed by atoms with E-state index in [0.29, 0.717) is 38.9 Å². The molecule has 0 bridgehead atoms. The predicted molar refractivity (Wildman–Crippen MR) is 118 cm³/mol. The number of carbonyl (C=O) groups excluding carboxylic acids is 4. The topological polar surface area (TPSA) is 105 Å². The summed E-state index contributed by atoms with van der Waals surface area (Å²) in [6, 6.07) is 0. The molecule has 2 aliphatic rings. The average molecular weight is 457 g/mol. The maximum Gasteiger partial charge on any atom is 0.312 e. The minimum absolute atomic E-state index is 0.151. The molecule has 32 heavy (non-hydrogen) atoms. The van der Waals surface area contributed by atoms with E-state index in [1.54, 1.807) is 13.8 Å². The van der Waals surface area contributed by atoms with Gasteiger partial charge in [-0.05, 0) is 54.4 Å². The number of carbonyl (C=O) groups is 4. The van der Waals surface area contributed by atoms with Gasteiger partial charge < -0.3 is 18.9 Å². The lowest BCUT2D eigenvalue weighted by Crippen LogP contribution is -2.43. The van der Waals surface area contributed by atoms with E-state index in [4.69, 9.17) is 18.9 Å². The van der Waals surface area contributed by atoms with Crippen LogP contribution in [0, 0.1) is 10.8 Å². The molecule has 0 aromatic heterocycles.